The molecule has 3 N–H and O–H groups in total. The summed E-state index contributed by atoms with van der Waals surface area (Å²) in [7, 11) is 0. The lowest BCUT2D eigenvalue weighted by atomic mass is 9.94. The summed E-state index contributed by atoms with van der Waals surface area (Å²) in [5.74, 6) is 0.272. The van der Waals surface area contributed by atoms with E-state index in [0.29, 0.717) is 5.56 Å². The molecule has 0 aliphatic carbocycles. The minimum absolute atomic E-state index is 0.0124. The maximum Gasteiger partial charge on any atom is 0.127 e. The van der Waals surface area contributed by atoms with Gasteiger partial charge in [-0.25, -0.2) is 0 Å². The molecule has 0 fully saturated rings. The maximum absolute atomic E-state index is 9.99. The molecule has 0 spiro atoms. The zero-order valence-corrected chi connectivity index (χ0v) is 11.1. The summed E-state index contributed by atoms with van der Waals surface area (Å²) < 4.78 is 0. The fraction of sp³-hybridized carbons (Fsp3) is 0.250. The van der Waals surface area contributed by atoms with Gasteiger partial charge < -0.3 is 15.3 Å². The zero-order valence-electron chi connectivity index (χ0n) is 11.1. The first kappa shape index (κ1) is 13.3. The van der Waals surface area contributed by atoms with Crippen LogP contribution in [0.15, 0.2) is 30.3 Å². The van der Waals surface area contributed by atoms with E-state index in [-0.39, 0.29) is 17.2 Å². The van der Waals surface area contributed by atoms with E-state index in [0.717, 1.165) is 29.5 Å². The second-order valence-electron chi connectivity index (χ2n) is 4.55. The quantitative estimate of drug-likeness (QED) is 0.788. The van der Waals surface area contributed by atoms with Gasteiger partial charge in [0.25, 0.3) is 0 Å². The van der Waals surface area contributed by atoms with Crippen molar-refractivity contribution >= 4 is 0 Å². The molecule has 0 aromatic heterocycles. The van der Waals surface area contributed by atoms with E-state index >= 15 is 0 Å². The van der Waals surface area contributed by atoms with Gasteiger partial charge in [0.15, 0.2) is 0 Å². The predicted molar refractivity (Wildman–Crippen MR) is 75.6 cm³/mol. The van der Waals surface area contributed by atoms with Crippen molar-refractivity contribution < 1.29 is 15.3 Å². The first-order chi connectivity index (χ1) is 9.06. The highest BCUT2D eigenvalue weighted by molar-refractivity contribution is 5.75. The first-order valence-electron chi connectivity index (χ1n) is 6.43. The van der Waals surface area contributed by atoms with Gasteiger partial charge in [0.05, 0.1) is 0 Å². The predicted octanol–water partition coefficient (Wildman–Crippen LogP) is 3.60. The molecule has 0 aliphatic rings. The lowest BCUT2D eigenvalue weighted by molar-refractivity contribution is 0.451. The van der Waals surface area contributed by atoms with Gasteiger partial charge in [-0.1, -0.05) is 19.9 Å². The Morgan fingerprint density at radius 2 is 1.42 bits per heavy atom. The summed E-state index contributed by atoms with van der Waals surface area (Å²) in [6, 6.07) is 8.14. The SMILES string of the molecule is CCc1cc(CC)c(-c2ccc(O)cc2O)cc1O. The molecule has 2 aromatic rings. The molecule has 100 valence electrons. The van der Waals surface area contributed by atoms with Crippen molar-refractivity contribution in [3.63, 3.8) is 0 Å². The number of phenols is 3. The number of hydrogen-bond acceptors (Lipinski definition) is 3. The van der Waals surface area contributed by atoms with Gasteiger partial charge in [-0.3, -0.25) is 0 Å². The van der Waals surface area contributed by atoms with E-state index in [1.165, 1.54) is 12.1 Å². The molecule has 0 unspecified atom stereocenters. The minimum atomic E-state index is 0.0124. The van der Waals surface area contributed by atoms with Crippen LogP contribution in [0.25, 0.3) is 11.1 Å². The Morgan fingerprint density at radius 3 is 2.00 bits per heavy atom. The van der Waals surface area contributed by atoms with Crippen molar-refractivity contribution in [2.75, 3.05) is 0 Å². The molecule has 0 amide bonds. The summed E-state index contributed by atoms with van der Waals surface area (Å²) in [6.45, 7) is 4.03. The van der Waals surface area contributed by atoms with E-state index in [1.807, 2.05) is 19.9 Å². The second-order valence-corrected chi connectivity index (χ2v) is 4.55. The summed E-state index contributed by atoms with van der Waals surface area (Å²) in [4.78, 5) is 0. The third kappa shape index (κ3) is 2.50. The van der Waals surface area contributed by atoms with Crippen LogP contribution in [0.3, 0.4) is 0 Å². The van der Waals surface area contributed by atoms with Crippen LogP contribution in [-0.4, -0.2) is 15.3 Å². The molecule has 0 heterocycles. The number of aryl methyl sites for hydroxylation is 2. The van der Waals surface area contributed by atoms with Crippen LogP contribution in [-0.2, 0) is 12.8 Å². The van der Waals surface area contributed by atoms with Crippen LogP contribution in [0, 0.1) is 0 Å². The van der Waals surface area contributed by atoms with Crippen molar-refractivity contribution in [1.82, 2.24) is 0 Å². The monoisotopic (exact) mass is 258 g/mol. The molecule has 0 bridgehead atoms. The summed E-state index contributed by atoms with van der Waals surface area (Å²) >= 11 is 0. The molecule has 2 rings (SSSR count). The summed E-state index contributed by atoms with van der Waals surface area (Å²) in [5, 5.41) is 29.3. The van der Waals surface area contributed by atoms with Crippen molar-refractivity contribution in [1.29, 1.82) is 0 Å². The number of benzene rings is 2. The Bertz CT molecular complexity index is 603. The Balaban J connectivity index is 2.64. The van der Waals surface area contributed by atoms with E-state index in [9.17, 15) is 15.3 Å². The van der Waals surface area contributed by atoms with Crippen molar-refractivity contribution in [3.8, 4) is 28.4 Å². The highest BCUT2D eigenvalue weighted by atomic mass is 16.3. The molecule has 0 radical (unpaired) electrons. The lowest BCUT2D eigenvalue weighted by Gasteiger charge is -2.13. The number of hydrogen-bond donors (Lipinski definition) is 3. The van der Waals surface area contributed by atoms with Gasteiger partial charge in [0.2, 0.25) is 0 Å². The number of rotatable bonds is 3. The van der Waals surface area contributed by atoms with Gasteiger partial charge >= 0.3 is 0 Å². The molecule has 3 nitrogen and oxygen atoms in total. The zero-order chi connectivity index (χ0) is 14.0. The fourth-order valence-corrected chi connectivity index (χ4v) is 2.26. The molecule has 0 aliphatic heterocycles. The molecule has 0 saturated heterocycles. The minimum Gasteiger partial charge on any atom is -0.508 e. The third-order valence-corrected chi connectivity index (χ3v) is 3.34. The van der Waals surface area contributed by atoms with Gasteiger partial charge in [-0.15, -0.1) is 0 Å². The summed E-state index contributed by atoms with van der Waals surface area (Å²) in [6.07, 6.45) is 1.57. The highest BCUT2D eigenvalue weighted by Gasteiger charge is 2.12. The molecular weight excluding hydrogens is 240 g/mol. The number of phenolic OH excluding ortho intramolecular Hbond substituents is 3. The van der Waals surface area contributed by atoms with Gasteiger partial charge in [0, 0.05) is 11.6 Å². The Kier molecular flexibility index (Phi) is 3.65. The number of aromatic hydroxyl groups is 3. The van der Waals surface area contributed by atoms with Crippen LogP contribution in [0.4, 0.5) is 0 Å². The van der Waals surface area contributed by atoms with Crippen LogP contribution in [0.1, 0.15) is 25.0 Å². The van der Waals surface area contributed by atoms with Crippen LogP contribution in [0.5, 0.6) is 17.2 Å². The van der Waals surface area contributed by atoms with Gasteiger partial charge in [-0.2, -0.15) is 0 Å². The van der Waals surface area contributed by atoms with Gasteiger partial charge in [-0.05, 0) is 47.7 Å². The van der Waals surface area contributed by atoms with Crippen LogP contribution >= 0.6 is 0 Å². The van der Waals surface area contributed by atoms with Crippen LogP contribution < -0.4 is 0 Å². The summed E-state index contributed by atoms with van der Waals surface area (Å²) in [5.41, 5.74) is 3.39. The van der Waals surface area contributed by atoms with Crippen molar-refractivity contribution in [3.05, 3.63) is 41.5 Å². The highest BCUT2D eigenvalue weighted by Crippen LogP contribution is 2.37. The van der Waals surface area contributed by atoms with Gasteiger partial charge in [0.1, 0.15) is 17.2 Å². The maximum atomic E-state index is 9.99. The topological polar surface area (TPSA) is 60.7 Å². The Morgan fingerprint density at radius 1 is 0.737 bits per heavy atom. The third-order valence-electron chi connectivity index (χ3n) is 3.34. The van der Waals surface area contributed by atoms with Crippen molar-refractivity contribution in [2.45, 2.75) is 26.7 Å². The van der Waals surface area contributed by atoms with Crippen molar-refractivity contribution in [2.24, 2.45) is 0 Å². The van der Waals surface area contributed by atoms with E-state index < -0.39 is 0 Å². The average molecular weight is 258 g/mol. The average Bonchev–Trinajstić information content (AvgIpc) is 2.38. The molecule has 0 atom stereocenters. The lowest BCUT2D eigenvalue weighted by Crippen LogP contribution is -1.92. The molecule has 19 heavy (non-hydrogen) atoms. The standard InChI is InChI=1S/C16H18O3/c1-3-10-7-11(4-2)15(18)9-14(10)13-6-5-12(17)8-16(13)19/h5-9,17-19H,3-4H2,1-2H3. The normalized spacial score (nSPS) is 10.6. The first-order valence-corrected chi connectivity index (χ1v) is 6.43. The van der Waals surface area contributed by atoms with Crippen LogP contribution in [0.2, 0.25) is 0 Å². The van der Waals surface area contributed by atoms with E-state index in [2.05, 4.69) is 0 Å². The molecule has 0 saturated carbocycles. The molecule has 3 heteroatoms. The second kappa shape index (κ2) is 5.22. The van der Waals surface area contributed by atoms with E-state index in [4.69, 9.17) is 0 Å². The molecule has 2 aromatic carbocycles. The Hall–Kier alpha value is -2.16. The fourth-order valence-electron chi connectivity index (χ4n) is 2.26. The smallest absolute Gasteiger partial charge is 0.127 e. The van der Waals surface area contributed by atoms with E-state index in [1.54, 1.807) is 12.1 Å². The largest absolute Gasteiger partial charge is 0.508 e. The molecular formula is C16H18O3. The Labute approximate surface area is 112 Å².